The van der Waals surface area contributed by atoms with E-state index in [1.807, 2.05) is 0 Å². The van der Waals surface area contributed by atoms with E-state index in [1.165, 1.54) is 12.4 Å². The van der Waals surface area contributed by atoms with Crippen LogP contribution in [0.3, 0.4) is 0 Å². The van der Waals surface area contributed by atoms with Crippen LogP contribution in [0.15, 0.2) is 24.5 Å². The SMILES string of the molecule is CC(Nc1ncnc2[nH]c(C(=O)N3CCOCC3)nc12)c1cc(N)cc(C(F)(F)F)c1. The number of anilines is 2. The second-order valence-corrected chi connectivity index (χ2v) is 7.16. The number of aromatic nitrogens is 4. The van der Waals surface area contributed by atoms with E-state index in [-0.39, 0.29) is 23.2 Å². The Bertz CT molecular complexity index is 1110. The molecular formula is C19H20F3N7O2. The van der Waals surface area contributed by atoms with Crippen molar-refractivity contribution in [2.75, 3.05) is 37.4 Å². The van der Waals surface area contributed by atoms with Gasteiger partial charge in [0.15, 0.2) is 22.8 Å². The fraction of sp³-hybridized carbons (Fsp3) is 0.368. The van der Waals surface area contributed by atoms with Gasteiger partial charge >= 0.3 is 6.18 Å². The number of morpholine rings is 1. The van der Waals surface area contributed by atoms with Crippen LogP contribution in [0.2, 0.25) is 0 Å². The minimum atomic E-state index is -4.51. The molecule has 2 aromatic heterocycles. The molecule has 1 unspecified atom stereocenters. The minimum Gasteiger partial charge on any atom is -0.399 e. The zero-order valence-electron chi connectivity index (χ0n) is 16.5. The van der Waals surface area contributed by atoms with E-state index in [0.717, 1.165) is 12.1 Å². The first-order valence-corrected chi connectivity index (χ1v) is 9.54. The number of carbonyl (C=O) groups excluding carboxylic acids is 1. The number of carbonyl (C=O) groups is 1. The number of alkyl halides is 3. The van der Waals surface area contributed by atoms with E-state index >= 15 is 0 Å². The molecule has 0 saturated carbocycles. The topological polar surface area (TPSA) is 122 Å². The smallest absolute Gasteiger partial charge is 0.399 e. The summed E-state index contributed by atoms with van der Waals surface area (Å²) in [6, 6.07) is 2.81. The number of benzene rings is 1. The highest BCUT2D eigenvalue weighted by atomic mass is 19.4. The molecule has 0 bridgehead atoms. The van der Waals surface area contributed by atoms with Crippen molar-refractivity contribution in [1.82, 2.24) is 24.8 Å². The molecule has 0 radical (unpaired) electrons. The first-order valence-electron chi connectivity index (χ1n) is 9.54. The average molecular weight is 435 g/mol. The van der Waals surface area contributed by atoms with Crippen molar-refractivity contribution in [3.8, 4) is 0 Å². The third-order valence-corrected chi connectivity index (χ3v) is 4.94. The summed E-state index contributed by atoms with van der Waals surface area (Å²) in [4.78, 5) is 29.8. The van der Waals surface area contributed by atoms with Crippen LogP contribution in [-0.2, 0) is 10.9 Å². The number of hydrogen-bond acceptors (Lipinski definition) is 7. The molecule has 1 saturated heterocycles. The Hall–Kier alpha value is -3.41. The number of rotatable bonds is 4. The predicted molar refractivity (Wildman–Crippen MR) is 106 cm³/mol. The monoisotopic (exact) mass is 435 g/mol. The fourth-order valence-corrected chi connectivity index (χ4v) is 3.33. The standard InChI is InChI=1S/C19H20F3N7O2/c1-10(11-6-12(19(20,21)22)8-13(23)7-11)26-15-14-16(25-9-24-15)28-17(27-14)18(30)29-2-4-31-5-3-29/h6-10H,2-5,23H2,1H3,(H2,24,25,26,27,28). The normalized spacial score (nSPS) is 15.8. The van der Waals surface area contributed by atoms with Gasteiger partial charge in [0.05, 0.1) is 24.8 Å². The van der Waals surface area contributed by atoms with Crippen LogP contribution >= 0.6 is 0 Å². The number of ether oxygens (including phenoxy) is 1. The minimum absolute atomic E-state index is 0.00414. The summed E-state index contributed by atoms with van der Waals surface area (Å²) in [5, 5.41) is 3.04. The molecule has 3 heterocycles. The van der Waals surface area contributed by atoms with Gasteiger partial charge in [-0.15, -0.1) is 0 Å². The molecule has 12 heteroatoms. The summed E-state index contributed by atoms with van der Waals surface area (Å²) in [5.41, 5.74) is 5.82. The molecule has 1 atom stereocenters. The Morgan fingerprint density at radius 2 is 2.00 bits per heavy atom. The first-order chi connectivity index (χ1) is 14.7. The van der Waals surface area contributed by atoms with Crippen molar-refractivity contribution < 1.29 is 22.7 Å². The molecule has 1 aliphatic rings. The van der Waals surface area contributed by atoms with Gasteiger partial charge in [-0.1, -0.05) is 0 Å². The van der Waals surface area contributed by atoms with Crippen LogP contribution in [0, 0.1) is 0 Å². The van der Waals surface area contributed by atoms with E-state index in [1.54, 1.807) is 11.8 Å². The molecule has 3 aromatic rings. The van der Waals surface area contributed by atoms with Gasteiger partial charge in [0.25, 0.3) is 5.91 Å². The molecule has 0 spiro atoms. The Morgan fingerprint density at radius 1 is 1.26 bits per heavy atom. The van der Waals surface area contributed by atoms with Crippen molar-refractivity contribution in [2.24, 2.45) is 0 Å². The van der Waals surface area contributed by atoms with Crippen molar-refractivity contribution in [2.45, 2.75) is 19.1 Å². The van der Waals surface area contributed by atoms with E-state index < -0.39 is 17.8 Å². The van der Waals surface area contributed by atoms with Gasteiger partial charge in [-0.25, -0.2) is 15.0 Å². The lowest BCUT2D eigenvalue weighted by atomic mass is 10.0. The van der Waals surface area contributed by atoms with Crippen LogP contribution in [0.5, 0.6) is 0 Å². The maximum absolute atomic E-state index is 13.1. The van der Waals surface area contributed by atoms with Gasteiger partial charge in [0.2, 0.25) is 0 Å². The Morgan fingerprint density at radius 3 is 2.71 bits per heavy atom. The van der Waals surface area contributed by atoms with E-state index in [9.17, 15) is 18.0 Å². The molecule has 164 valence electrons. The number of imidazole rings is 1. The summed E-state index contributed by atoms with van der Waals surface area (Å²) >= 11 is 0. The number of nitrogens with one attached hydrogen (secondary N) is 2. The maximum Gasteiger partial charge on any atom is 0.416 e. The first kappa shape index (κ1) is 20.8. The molecule has 31 heavy (non-hydrogen) atoms. The fourth-order valence-electron chi connectivity index (χ4n) is 3.33. The zero-order chi connectivity index (χ0) is 22.2. The van der Waals surface area contributed by atoms with Crippen LogP contribution in [0.4, 0.5) is 24.7 Å². The molecule has 4 rings (SSSR count). The lowest BCUT2D eigenvalue weighted by Crippen LogP contribution is -2.41. The number of hydrogen-bond donors (Lipinski definition) is 3. The van der Waals surface area contributed by atoms with E-state index in [2.05, 4.69) is 25.3 Å². The molecule has 1 aromatic carbocycles. The van der Waals surface area contributed by atoms with Gasteiger partial charge in [0, 0.05) is 18.8 Å². The highest BCUT2D eigenvalue weighted by Crippen LogP contribution is 2.33. The number of nitrogen functional groups attached to an aromatic ring is 1. The van der Waals surface area contributed by atoms with Crippen LogP contribution in [-0.4, -0.2) is 57.0 Å². The number of fused-ring (bicyclic) bond motifs is 1. The van der Waals surface area contributed by atoms with Gasteiger partial charge in [-0.2, -0.15) is 13.2 Å². The number of aromatic amines is 1. The number of H-pyrrole nitrogens is 1. The Kier molecular flexibility index (Phi) is 5.39. The number of halogens is 3. The molecule has 4 N–H and O–H groups in total. The molecular weight excluding hydrogens is 415 g/mol. The lowest BCUT2D eigenvalue weighted by molar-refractivity contribution is -0.137. The second kappa shape index (κ2) is 8.02. The zero-order valence-corrected chi connectivity index (χ0v) is 16.5. The van der Waals surface area contributed by atoms with Crippen molar-refractivity contribution in [3.05, 3.63) is 41.5 Å². The van der Waals surface area contributed by atoms with Gasteiger partial charge in [-0.3, -0.25) is 4.79 Å². The van der Waals surface area contributed by atoms with Gasteiger partial charge < -0.3 is 25.7 Å². The van der Waals surface area contributed by atoms with Gasteiger partial charge in [0.1, 0.15) is 6.33 Å². The summed E-state index contributed by atoms with van der Waals surface area (Å²) in [6.07, 6.45) is -3.23. The maximum atomic E-state index is 13.1. The highest BCUT2D eigenvalue weighted by molar-refractivity contribution is 5.95. The van der Waals surface area contributed by atoms with Crippen molar-refractivity contribution >= 4 is 28.6 Å². The molecule has 9 nitrogen and oxygen atoms in total. The molecule has 0 aliphatic carbocycles. The van der Waals surface area contributed by atoms with E-state index in [4.69, 9.17) is 10.5 Å². The molecule has 1 amide bonds. The number of nitrogens with two attached hydrogens (primary N) is 1. The predicted octanol–water partition coefficient (Wildman–Crippen LogP) is 2.60. The third kappa shape index (κ3) is 4.38. The van der Waals surface area contributed by atoms with Crippen LogP contribution in [0.1, 0.15) is 34.7 Å². The van der Waals surface area contributed by atoms with Crippen molar-refractivity contribution in [1.29, 1.82) is 0 Å². The Labute approximate surface area is 174 Å². The second-order valence-electron chi connectivity index (χ2n) is 7.16. The van der Waals surface area contributed by atoms with Gasteiger partial charge in [-0.05, 0) is 30.7 Å². The molecule has 1 fully saturated rings. The highest BCUT2D eigenvalue weighted by Gasteiger charge is 2.31. The van der Waals surface area contributed by atoms with Crippen molar-refractivity contribution in [3.63, 3.8) is 0 Å². The van der Waals surface area contributed by atoms with Crippen LogP contribution < -0.4 is 11.1 Å². The quantitative estimate of drug-likeness (QED) is 0.539. The number of nitrogens with zero attached hydrogens (tertiary/aromatic N) is 4. The summed E-state index contributed by atoms with van der Waals surface area (Å²) < 4.78 is 44.6. The number of amides is 1. The molecule has 1 aliphatic heterocycles. The summed E-state index contributed by atoms with van der Waals surface area (Å²) in [6.45, 7) is 3.50. The summed E-state index contributed by atoms with van der Waals surface area (Å²) in [5.74, 6) is 0.105. The third-order valence-electron chi connectivity index (χ3n) is 4.94. The average Bonchev–Trinajstić information content (AvgIpc) is 3.18. The Balaban J connectivity index is 1.61. The lowest BCUT2D eigenvalue weighted by Gasteiger charge is -2.25. The van der Waals surface area contributed by atoms with E-state index in [0.29, 0.717) is 43.0 Å². The van der Waals surface area contributed by atoms with Crippen LogP contribution in [0.25, 0.3) is 11.2 Å². The summed E-state index contributed by atoms with van der Waals surface area (Å²) in [7, 11) is 0. The largest absolute Gasteiger partial charge is 0.416 e.